The highest BCUT2D eigenvalue weighted by Gasteiger charge is 2.15. The van der Waals surface area contributed by atoms with Crippen molar-refractivity contribution in [3.8, 4) is 0 Å². The molecule has 0 aliphatic carbocycles. The third-order valence-electron chi connectivity index (χ3n) is 4.25. The number of rotatable bonds is 6. The minimum Gasteiger partial charge on any atom is -0.465 e. The minimum atomic E-state index is -0.518. The molecule has 2 aromatic carbocycles. The lowest BCUT2D eigenvalue weighted by molar-refractivity contribution is 0.0602. The van der Waals surface area contributed by atoms with Gasteiger partial charge in [-0.25, -0.2) is 4.79 Å². The number of aromatic nitrogens is 1. The molecule has 6 heteroatoms. The molecule has 1 heterocycles. The fraction of sp³-hybridized carbons (Fsp3) is 0.136. The number of methoxy groups -OCH3 is 1. The first kappa shape index (κ1) is 19.1. The van der Waals surface area contributed by atoms with Gasteiger partial charge >= 0.3 is 5.97 Å². The van der Waals surface area contributed by atoms with Gasteiger partial charge in [0, 0.05) is 17.6 Å². The topological polar surface area (TPSA) is 80.3 Å². The van der Waals surface area contributed by atoms with E-state index in [9.17, 15) is 9.59 Å². The summed E-state index contributed by atoms with van der Waals surface area (Å²) in [5.74, 6) is -0.931. The third kappa shape index (κ3) is 4.35. The molecular formula is C22H21N3O3. The number of benzene rings is 2. The molecule has 0 spiro atoms. The van der Waals surface area contributed by atoms with Crippen molar-refractivity contribution in [1.82, 2.24) is 4.98 Å². The highest BCUT2D eigenvalue weighted by Crippen LogP contribution is 2.22. The molecule has 3 aromatic rings. The molecule has 3 rings (SSSR count). The van der Waals surface area contributed by atoms with Crippen molar-refractivity contribution in [2.45, 2.75) is 13.3 Å². The lowest BCUT2D eigenvalue weighted by atomic mass is 10.1. The Morgan fingerprint density at radius 3 is 2.46 bits per heavy atom. The SMILES string of the molecule is CCc1ccccc1Nc1ccnc(C(=O)Nc2ccccc2C(=O)OC)c1. The summed E-state index contributed by atoms with van der Waals surface area (Å²) in [7, 11) is 1.30. The summed E-state index contributed by atoms with van der Waals surface area (Å²) in [5, 5.41) is 6.05. The zero-order chi connectivity index (χ0) is 19.9. The maximum Gasteiger partial charge on any atom is 0.339 e. The maximum absolute atomic E-state index is 12.7. The minimum absolute atomic E-state index is 0.235. The van der Waals surface area contributed by atoms with E-state index in [1.54, 1.807) is 42.6 Å². The number of amides is 1. The normalized spacial score (nSPS) is 10.2. The third-order valence-corrected chi connectivity index (χ3v) is 4.25. The smallest absolute Gasteiger partial charge is 0.339 e. The van der Waals surface area contributed by atoms with Crippen LogP contribution in [-0.2, 0) is 11.2 Å². The molecular weight excluding hydrogens is 354 g/mol. The molecule has 6 nitrogen and oxygen atoms in total. The number of pyridine rings is 1. The molecule has 0 aliphatic rings. The fourth-order valence-corrected chi connectivity index (χ4v) is 2.80. The Bertz CT molecular complexity index is 1000. The van der Waals surface area contributed by atoms with Crippen LogP contribution in [0.25, 0.3) is 0 Å². The van der Waals surface area contributed by atoms with Crippen molar-refractivity contribution in [3.05, 3.63) is 83.7 Å². The number of para-hydroxylation sites is 2. The van der Waals surface area contributed by atoms with Crippen LogP contribution in [0.15, 0.2) is 66.9 Å². The van der Waals surface area contributed by atoms with Crippen LogP contribution in [0.5, 0.6) is 0 Å². The fourth-order valence-electron chi connectivity index (χ4n) is 2.80. The zero-order valence-electron chi connectivity index (χ0n) is 15.7. The van der Waals surface area contributed by atoms with E-state index in [2.05, 4.69) is 28.6 Å². The summed E-state index contributed by atoms with van der Waals surface area (Å²) >= 11 is 0. The van der Waals surface area contributed by atoms with Gasteiger partial charge in [-0.05, 0) is 42.3 Å². The van der Waals surface area contributed by atoms with Crippen LogP contribution in [0.2, 0.25) is 0 Å². The Morgan fingerprint density at radius 1 is 1.00 bits per heavy atom. The van der Waals surface area contributed by atoms with E-state index in [4.69, 9.17) is 4.74 Å². The summed E-state index contributed by atoms with van der Waals surface area (Å²) < 4.78 is 4.76. The molecule has 0 unspecified atom stereocenters. The Morgan fingerprint density at radius 2 is 1.71 bits per heavy atom. The lowest BCUT2D eigenvalue weighted by Gasteiger charge is -2.12. The number of carbonyl (C=O) groups excluding carboxylic acids is 2. The Balaban J connectivity index is 1.81. The van der Waals surface area contributed by atoms with Crippen molar-refractivity contribution in [1.29, 1.82) is 0 Å². The van der Waals surface area contributed by atoms with Crippen molar-refractivity contribution >= 4 is 28.9 Å². The van der Waals surface area contributed by atoms with Gasteiger partial charge in [-0.1, -0.05) is 37.3 Å². The predicted molar refractivity (Wildman–Crippen MR) is 109 cm³/mol. The molecule has 0 aliphatic heterocycles. The Hall–Kier alpha value is -3.67. The van der Waals surface area contributed by atoms with Gasteiger partial charge in [-0.15, -0.1) is 0 Å². The van der Waals surface area contributed by atoms with Gasteiger partial charge in [0.2, 0.25) is 0 Å². The molecule has 0 fully saturated rings. The monoisotopic (exact) mass is 375 g/mol. The predicted octanol–water partition coefficient (Wildman–Crippen LogP) is 4.43. The van der Waals surface area contributed by atoms with E-state index in [1.165, 1.54) is 12.7 Å². The maximum atomic E-state index is 12.7. The summed E-state index contributed by atoms with van der Waals surface area (Å²) in [4.78, 5) is 28.7. The lowest BCUT2D eigenvalue weighted by Crippen LogP contribution is -2.16. The summed E-state index contributed by atoms with van der Waals surface area (Å²) in [6, 6.07) is 18.1. The van der Waals surface area contributed by atoms with Crippen LogP contribution in [-0.4, -0.2) is 24.0 Å². The molecule has 28 heavy (non-hydrogen) atoms. The standard InChI is InChI=1S/C22H21N3O3/c1-3-15-8-4-6-10-18(15)24-16-12-13-23-20(14-16)21(26)25-19-11-7-5-9-17(19)22(27)28-2/h4-14H,3H2,1-2H3,(H,23,24)(H,25,26). The first-order valence-electron chi connectivity index (χ1n) is 8.92. The Labute approximate surface area is 163 Å². The second kappa shape index (κ2) is 8.81. The van der Waals surface area contributed by atoms with Crippen molar-refractivity contribution in [3.63, 3.8) is 0 Å². The molecule has 2 N–H and O–H groups in total. The number of aryl methyl sites for hydroxylation is 1. The van der Waals surface area contributed by atoms with Crippen LogP contribution in [0.1, 0.15) is 33.3 Å². The number of hydrogen-bond acceptors (Lipinski definition) is 5. The van der Waals surface area contributed by atoms with E-state index in [0.29, 0.717) is 5.69 Å². The van der Waals surface area contributed by atoms with Gasteiger partial charge in [0.1, 0.15) is 5.69 Å². The van der Waals surface area contributed by atoms with E-state index in [1.807, 2.05) is 18.2 Å². The molecule has 0 saturated heterocycles. The van der Waals surface area contributed by atoms with E-state index in [-0.39, 0.29) is 11.3 Å². The van der Waals surface area contributed by atoms with Crippen LogP contribution >= 0.6 is 0 Å². The van der Waals surface area contributed by atoms with Gasteiger partial charge < -0.3 is 15.4 Å². The summed E-state index contributed by atoms with van der Waals surface area (Å²) in [6.45, 7) is 2.09. The van der Waals surface area contributed by atoms with Crippen LogP contribution in [0.4, 0.5) is 17.1 Å². The molecule has 1 aromatic heterocycles. The van der Waals surface area contributed by atoms with Gasteiger partial charge in [0.15, 0.2) is 0 Å². The van der Waals surface area contributed by atoms with E-state index in [0.717, 1.165) is 17.8 Å². The van der Waals surface area contributed by atoms with E-state index >= 15 is 0 Å². The van der Waals surface area contributed by atoms with Crippen molar-refractivity contribution in [2.75, 3.05) is 17.7 Å². The average molecular weight is 375 g/mol. The zero-order valence-corrected chi connectivity index (χ0v) is 15.7. The number of nitrogens with zero attached hydrogens (tertiary/aromatic N) is 1. The summed E-state index contributed by atoms with van der Waals surface area (Å²) in [6.07, 6.45) is 2.46. The van der Waals surface area contributed by atoms with Gasteiger partial charge in [0.05, 0.1) is 18.4 Å². The average Bonchev–Trinajstić information content (AvgIpc) is 2.74. The first-order chi connectivity index (χ1) is 13.6. The Kier molecular flexibility index (Phi) is 6.01. The van der Waals surface area contributed by atoms with Crippen LogP contribution in [0, 0.1) is 0 Å². The highest BCUT2D eigenvalue weighted by molar-refractivity contribution is 6.07. The molecule has 0 radical (unpaired) electrons. The largest absolute Gasteiger partial charge is 0.465 e. The highest BCUT2D eigenvalue weighted by atomic mass is 16.5. The molecule has 0 atom stereocenters. The number of ether oxygens (including phenoxy) is 1. The second-order valence-electron chi connectivity index (χ2n) is 6.06. The quantitative estimate of drug-likeness (QED) is 0.623. The van der Waals surface area contributed by atoms with Crippen LogP contribution in [0.3, 0.4) is 0 Å². The number of anilines is 3. The van der Waals surface area contributed by atoms with Gasteiger partial charge in [-0.2, -0.15) is 0 Å². The number of hydrogen-bond donors (Lipinski definition) is 2. The van der Waals surface area contributed by atoms with Gasteiger partial charge in [-0.3, -0.25) is 9.78 Å². The summed E-state index contributed by atoms with van der Waals surface area (Å²) in [5.41, 5.74) is 3.80. The second-order valence-corrected chi connectivity index (χ2v) is 6.06. The van der Waals surface area contributed by atoms with Crippen LogP contribution < -0.4 is 10.6 Å². The molecule has 0 bridgehead atoms. The molecule has 0 saturated carbocycles. The van der Waals surface area contributed by atoms with E-state index < -0.39 is 11.9 Å². The molecule has 142 valence electrons. The number of carbonyl (C=O) groups is 2. The van der Waals surface area contributed by atoms with Crippen molar-refractivity contribution < 1.29 is 14.3 Å². The van der Waals surface area contributed by atoms with Crippen molar-refractivity contribution in [2.24, 2.45) is 0 Å². The molecule has 1 amide bonds. The first-order valence-corrected chi connectivity index (χ1v) is 8.92. The number of nitrogens with one attached hydrogen (secondary N) is 2. The number of esters is 1. The van der Waals surface area contributed by atoms with Gasteiger partial charge in [0.25, 0.3) is 5.91 Å².